The average molecular weight is 412 g/mol. The third-order valence-corrected chi connectivity index (χ3v) is 6.84. The molecule has 0 aliphatic carbocycles. The maximum absolute atomic E-state index is 13.3. The summed E-state index contributed by atoms with van der Waals surface area (Å²) in [7, 11) is -3.90. The Balaban J connectivity index is 1.78. The van der Waals surface area contributed by atoms with E-state index in [9.17, 15) is 13.7 Å². The van der Waals surface area contributed by atoms with Crippen LogP contribution in [0.3, 0.4) is 0 Å². The first kappa shape index (κ1) is 18.2. The minimum Gasteiger partial charge on any atom is -0.361 e. The number of hydrogen-bond donors (Lipinski definition) is 1. The molecular weight excluding hydrogens is 396 g/mol. The molecule has 0 aliphatic rings. The van der Waals surface area contributed by atoms with Gasteiger partial charge in [0, 0.05) is 22.5 Å². The van der Waals surface area contributed by atoms with Gasteiger partial charge in [0.2, 0.25) is 0 Å². The molecule has 5 rings (SSSR count). The van der Waals surface area contributed by atoms with Crippen molar-refractivity contribution in [2.24, 2.45) is 0 Å². The van der Waals surface area contributed by atoms with Crippen molar-refractivity contribution in [3.05, 3.63) is 84.2 Å². The lowest BCUT2D eigenvalue weighted by molar-refractivity contribution is 0.582. The zero-order valence-electron chi connectivity index (χ0n) is 16.0. The largest absolute Gasteiger partial charge is 0.361 e. The van der Waals surface area contributed by atoms with Crippen molar-refractivity contribution in [2.75, 3.05) is 0 Å². The molecule has 0 bridgehead atoms. The van der Waals surface area contributed by atoms with Gasteiger partial charge < -0.3 is 4.98 Å². The van der Waals surface area contributed by atoms with Crippen molar-refractivity contribution in [3.8, 4) is 17.2 Å². The molecule has 0 atom stereocenters. The summed E-state index contributed by atoms with van der Waals surface area (Å²) in [6, 6.07) is 20.1. The topological polar surface area (TPSA) is 91.5 Å². The van der Waals surface area contributed by atoms with Crippen molar-refractivity contribution in [2.45, 2.75) is 11.8 Å². The van der Waals surface area contributed by atoms with Crippen LogP contribution in [0.15, 0.2) is 78.0 Å². The molecular formula is C23H16N4O2S. The summed E-state index contributed by atoms with van der Waals surface area (Å²) in [5, 5.41) is 15.3. The number of aromatic amines is 1. The smallest absolute Gasteiger partial charge is 0.283 e. The molecule has 0 aliphatic heterocycles. The Morgan fingerprint density at radius 3 is 2.60 bits per heavy atom. The molecule has 3 aromatic carbocycles. The second-order valence-electron chi connectivity index (χ2n) is 7.12. The fraction of sp³-hybridized carbons (Fsp3) is 0.0435. The summed E-state index contributed by atoms with van der Waals surface area (Å²) >= 11 is 0. The minimum atomic E-state index is -3.90. The van der Waals surface area contributed by atoms with Crippen LogP contribution in [0.2, 0.25) is 0 Å². The highest BCUT2D eigenvalue weighted by Gasteiger charge is 2.22. The summed E-state index contributed by atoms with van der Waals surface area (Å²) in [5.41, 5.74) is 4.34. The highest BCUT2D eigenvalue weighted by molar-refractivity contribution is 7.90. The van der Waals surface area contributed by atoms with Gasteiger partial charge in [-0.3, -0.25) is 0 Å². The molecule has 0 radical (unpaired) electrons. The van der Waals surface area contributed by atoms with Gasteiger partial charge in [-0.25, -0.2) is 0 Å². The summed E-state index contributed by atoms with van der Waals surface area (Å²) in [5.74, 6) is 0. The first-order chi connectivity index (χ1) is 14.5. The molecule has 0 spiro atoms. The first-order valence-electron chi connectivity index (χ1n) is 9.29. The number of nitrogens with zero attached hydrogens (tertiary/aromatic N) is 3. The zero-order chi connectivity index (χ0) is 20.9. The minimum absolute atomic E-state index is 0.148. The lowest BCUT2D eigenvalue weighted by atomic mass is 9.98. The van der Waals surface area contributed by atoms with E-state index in [1.807, 2.05) is 37.4 Å². The Hall–Kier alpha value is -3.89. The number of nitrogens with one attached hydrogen (secondary N) is 1. The van der Waals surface area contributed by atoms with Crippen molar-refractivity contribution in [1.82, 2.24) is 14.2 Å². The number of benzene rings is 3. The molecule has 2 heterocycles. The normalized spacial score (nSPS) is 11.7. The van der Waals surface area contributed by atoms with Gasteiger partial charge in [-0.05, 0) is 54.4 Å². The molecule has 6 nitrogen and oxygen atoms in total. The number of fused-ring (bicyclic) bond motifs is 2. The second-order valence-corrected chi connectivity index (χ2v) is 8.89. The molecule has 0 amide bonds. The summed E-state index contributed by atoms with van der Waals surface area (Å²) in [6.07, 6.45) is 3.28. The summed E-state index contributed by atoms with van der Waals surface area (Å²) in [6.45, 7) is 1.90. The van der Waals surface area contributed by atoms with Gasteiger partial charge in [0.15, 0.2) is 0 Å². The van der Waals surface area contributed by atoms with Gasteiger partial charge in [-0.2, -0.15) is 22.9 Å². The van der Waals surface area contributed by atoms with Crippen LogP contribution in [0.25, 0.3) is 32.9 Å². The molecule has 5 aromatic rings. The van der Waals surface area contributed by atoms with Gasteiger partial charge in [0.1, 0.15) is 0 Å². The monoisotopic (exact) mass is 412 g/mol. The van der Waals surface area contributed by atoms with Gasteiger partial charge >= 0.3 is 0 Å². The Morgan fingerprint density at radius 1 is 1.03 bits per heavy atom. The molecule has 146 valence electrons. The predicted molar refractivity (Wildman–Crippen MR) is 116 cm³/mol. The fourth-order valence-electron chi connectivity index (χ4n) is 3.69. The van der Waals surface area contributed by atoms with Gasteiger partial charge in [0.05, 0.1) is 28.2 Å². The van der Waals surface area contributed by atoms with E-state index < -0.39 is 10.0 Å². The van der Waals surface area contributed by atoms with E-state index >= 15 is 0 Å². The van der Waals surface area contributed by atoms with E-state index in [4.69, 9.17) is 0 Å². The number of H-pyrrole nitrogens is 1. The van der Waals surface area contributed by atoms with E-state index in [1.165, 1.54) is 6.20 Å². The Kier molecular flexibility index (Phi) is 3.98. The molecule has 1 N–H and O–H groups in total. The van der Waals surface area contributed by atoms with E-state index in [0.717, 1.165) is 31.7 Å². The van der Waals surface area contributed by atoms with E-state index in [0.29, 0.717) is 16.5 Å². The third kappa shape index (κ3) is 2.70. The Labute approximate surface area is 173 Å². The zero-order valence-corrected chi connectivity index (χ0v) is 16.8. The van der Waals surface area contributed by atoms with Crippen LogP contribution in [-0.2, 0) is 10.0 Å². The van der Waals surface area contributed by atoms with Crippen molar-refractivity contribution >= 4 is 31.8 Å². The lowest BCUT2D eigenvalue weighted by Gasteiger charge is -2.09. The van der Waals surface area contributed by atoms with Crippen LogP contribution < -0.4 is 0 Å². The van der Waals surface area contributed by atoms with E-state index in [-0.39, 0.29) is 4.90 Å². The highest BCUT2D eigenvalue weighted by Crippen LogP contribution is 2.33. The molecule has 2 aromatic heterocycles. The van der Waals surface area contributed by atoms with Crippen LogP contribution in [0.5, 0.6) is 0 Å². The number of hydrogen-bond acceptors (Lipinski definition) is 4. The SMILES string of the molecule is Cc1ccc(S(=O)(=O)n2ncc3c(C#N)cc(-c4cccc5[nH]ccc45)cc32)cc1. The maximum atomic E-state index is 13.3. The van der Waals surface area contributed by atoms with E-state index in [2.05, 4.69) is 16.2 Å². The van der Waals surface area contributed by atoms with Crippen LogP contribution in [0.1, 0.15) is 11.1 Å². The quantitative estimate of drug-likeness (QED) is 0.469. The van der Waals surface area contributed by atoms with E-state index in [1.54, 1.807) is 36.4 Å². The van der Waals surface area contributed by atoms with Crippen molar-refractivity contribution in [1.29, 1.82) is 5.26 Å². The molecule has 0 fully saturated rings. The molecule has 0 saturated carbocycles. The number of aryl methyl sites for hydroxylation is 1. The Morgan fingerprint density at radius 2 is 1.83 bits per heavy atom. The van der Waals surface area contributed by atoms with Crippen molar-refractivity contribution < 1.29 is 8.42 Å². The Bertz CT molecular complexity index is 1570. The molecule has 7 heteroatoms. The summed E-state index contributed by atoms with van der Waals surface area (Å²) in [4.78, 5) is 3.32. The fourth-order valence-corrected chi connectivity index (χ4v) is 4.95. The number of nitriles is 1. The maximum Gasteiger partial charge on any atom is 0.283 e. The average Bonchev–Trinajstić information content (AvgIpc) is 3.40. The van der Waals surface area contributed by atoms with Gasteiger partial charge in [0.25, 0.3) is 10.0 Å². The van der Waals surface area contributed by atoms with Gasteiger partial charge in [-0.1, -0.05) is 29.8 Å². The molecule has 0 saturated heterocycles. The highest BCUT2D eigenvalue weighted by atomic mass is 32.2. The first-order valence-corrected chi connectivity index (χ1v) is 10.7. The molecule has 0 unspecified atom stereocenters. The van der Waals surface area contributed by atoms with Crippen LogP contribution in [0, 0.1) is 18.3 Å². The van der Waals surface area contributed by atoms with Crippen molar-refractivity contribution in [3.63, 3.8) is 0 Å². The van der Waals surface area contributed by atoms with Gasteiger partial charge in [-0.15, -0.1) is 0 Å². The van der Waals surface area contributed by atoms with Crippen LogP contribution in [-0.4, -0.2) is 22.6 Å². The molecule has 30 heavy (non-hydrogen) atoms. The van der Waals surface area contributed by atoms with Crippen LogP contribution in [0.4, 0.5) is 0 Å². The number of aromatic nitrogens is 3. The lowest BCUT2D eigenvalue weighted by Crippen LogP contribution is -2.14. The van der Waals surface area contributed by atoms with Crippen LogP contribution >= 0.6 is 0 Å². The third-order valence-electron chi connectivity index (χ3n) is 5.23. The predicted octanol–water partition coefficient (Wildman–Crippen LogP) is 4.60. The number of rotatable bonds is 3. The second kappa shape index (κ2) is 6.58. The standard InChI is InChI=1S/C23H16N4O2S/c1-15-5-7-18(8-6-15)30(28,29)27-23-12-16(11-17(13-24)21(23)14-26-27)19-3-2-4-22-20(19)9-10-25-22/h2-12,14,25H,1H3. The summed E-state index contributed by atoms with van der Waals surface area (Å²) < 4.78 is 27.5.